The van der Waals surface area contributed by atoms with E-state index in [1.807, 2.05) is 0 Å². The van der Waals surface area contributed by atoms with Crippen LogP contribution in [0.25, 0.3) is 0 Å². The summed E-state index contributed by atoms with van der Waals surface area (Å²) < 4.78 is 66.7. The molecule has 0 spiro atoms. The molecule has 16 heteroatoms. The van der Waals surface area contributed by atoms with Crippen LogP contribution in [0.1, 0.15) is 56.8 Å². The molecule has 4 rings (SSSR count). The molecule has 3 aromatic rings. The lowest BCUT2D eigenvalue weighted by Crippen LogP contribution is -2.41. The van der Waals surface area contributed by atoms with Crippen molar-refractivity contribution in [2.45, 2.75) is 37.0 Å². The Morgan fingerprint density at radius 3 is 2.33 bits per heavy atom. The number of carbonyl (C=O) groups excluding carboxylic acids is 3. The van der Waals surface area contributed by atoms with E-state index in [0.717, 1.165) is 24.4 Å². The highest BCUT2D eigenvalue weighted by Crippen LogP contribution is 2.32. The Morgan fingerprint density at radius 1 is 1.05 bits per heavy atom. The summed E-state index contributed by atoms with van der Waals surface area (Å²) in [6, 6.07) is 3.57. The molecule has 10 nitrogen and oxygen atoms in total. The first-order valence-corrected chi connectivity index (χ1v) is 13.8. The second-order valence-corrected chi connectivity index (χ2v) is 9.99. The van der Waals surface area contributed by atoms with Gasteiger partial charge in [0.15, 0.2) is 10.9 Å². The zero-order valence-electron chi connectivity index (χ0n) is 22.3. The number of piperidine rings is 1. The molecule has 1 fully saturated rings. The number of nitrogens with zero attached hydrogens (tertiary/aromatic N) is 5. The summed E-state index contributed by atoms with van der Waals surface area (Å²) in [6.07, 6.45) is -1.56. The fourth-order valence-corrected chi connectivity index (χ4v) is 4.80. The van der Waals surface area contributed by atoms with Crippen LogP contribution >= 0.6 is 11.8 Å². The number of nitrogens with one attached hydrogen (secondary N) is 2. The van der Waals surface area contributed by atoms with Gasteiger partial charge >= 0.3 is 12.2 Å². The summed E-state index contributed by atoms with van der Waals surface area (Å²) in [5.41, 5.74) is -0.241. The number of hydrogen-bond acceptors (Lipinski definition) is 8. The van der Waals surface area contributed by atoms with Crippen LogP contribution in [0, 0.1) is 18.6 Å². The fourth-order valence-electron chi connectivity index (χ4n) is 4.39. The Bertz CT molecular complexity index is 1490. The van der Waals surface area contributed by atoms with Gasteiger partial charge in [0.2, 0.25) is 5.82 Å². The number of rotatable bonds is 7. The van der Waals surface area contributed by atoms with Crippen molar-refractivity contribution in [2.24, 2.45) is 0 Å². The number of benzene rings is 1. The molecule has 42 heavy (non-hydrogen) atoms. The second kappa shape index (κ2) is 12.8. The lowest BCUT2D eigenvalue weighted by atomic mass is 9.89. The Hall–Kier alpha value is -4.21. The first-order chi connectivity index (χ1) is 19.9. The third-order valence-corrected chi connectivity index (χ3v) is 7.02. The standard InChI is InChI=1S/C26H24F5N7O3S/c1-13-19(22(40)33-12-18(39)17-6-9-32-23(35-17)26(29,30)31)20(36-24(34-13)42-2)14-7-10-38(11-8-14)25(41)37-21-15(27)4-3-5-16(21)28/h3-6,9,14H,7-8,10-12H2,1-2H3,(H,33,40)(H,37,41). The van der Waals surface area contributed by atoms with Gasteiger partial charge in [0, 0.05) is 25.2 Å². The lowest BCUT2D eigenvalue weighted by Gasteiger charge is -2.32. The van der Waals surface area contributed by atoms with Crippen LogP contribution in [0.15, 0.2) is 35.6 Å². The van der Waals surface area contributed by atoms with Gasteiger partial charge in [-0.25, -0.2) is 33.5 Å². The van der Waals surface area contributed by atoms with Gasteiger partial charge < -0.3 is 15.5 Å². The van der Waals surface area contributed by atoms with Gasteiger partial charge in [-0.15, -0.1) is 0 Å². The van der Waals surface area contributed by atoms with E-state index in [2.05, 4.69) is 30.6 Å². The van der Waals surface area contributed by atoms with Gasteiger partial charge in [-0.1, -0.05) is 17.8 Å². The number of thioether (sulfide) groups is 1. The van der Waals surface area contributed by atoms with Crippen LogP contribution in [-0.2, 0) is 6.18 Å². The number of ketones is 1. The molecule has 1 aliphatic heterocycles. The largest absolute Gasteiger partial charge is 0.451 e. The van der Waals surface area contributed by atoms with Crippen molar-refractivity contribution >= 4 is 35.2 Å². The maximum absolute atomic E-state index is 14.0. The third-order valence-electron chi connectivity index (χ3n) is 6.47. The van der Waals surface area contributed by atoms with Gasteiger partial charge in [-0.3, -0.25) is 9.59 Å². The summed E-state index contributed by atoms with van der Waals surface area (Å²) in [5.74, 6) is -5.16. The average molecular weight is 610 g/mol. The summed E-state index contributed by atoms with van der Waals surface area (Å²) in [7, 11) is 0. The minimum Gasteiger partial charge on any atom is -0.344 e. The molecular weight excluding hydrogens is 585 g/mol. The number of aromatic nitrogens is 4. The molecule has 0 unspecified atom stereocenters. The van der Waals surface area contributed by atoms with E-state index in [0.29, 0.717) is 29.4 Å². The minimum absolute atomic E-state index is 0.107. The number of Topliss-reactive ketones (excluding diaryl/α,β-unsaturated/α-hetero) is 1. The summed E-state index contributed by atoms with van der Waals surface area (Å²) in [5, 5.41) is 5.06. The average Bonchev–Trinajstić information content (AvgIpc) is 2.96. The van der Waals surface area contributed by atoms with E-state index in [1.165, 1.54) is 22.7 Å². The van der Waals surface area contributed by atoms with Gasteiger partial charge in [0.1, 0.15) is 23.0 Å². The zero-order valence-corrected chi connectivity index (χ0v) is 23.1. The van der Waals surface area contributed by atoms with E-state index in [-0.39, 0.29) is 24.6 Å². The molecule has 1 aromatic carbocycles. The van der Waals surface area contributed by atoms with Crippen LogP contribution in [0.2, 0.25) is 0 Å². The smallest absolute Gasteiger partial charge is 0.344 e. The van der Waals surface area contributed by atoms with Gasteiger partial charge in [-0.2, -0.15) is 13.2 Å². The number of amides is 3. The predicted molar refractivity (Wildman–Crippen MR) is 141 cm³/mol. The van der Waals surface area contributed by atoms with Crippen LogP contribution < -0.4 is 10.6 Å². The minimum atomic E-state index is -4.84. The summed E-state index contributed by atoms with van der Waals surface area (Å²) in [6.45, 7) is 1.34. The van der Waals surface area contributed by atoms with Crippen molar-refractivity contribution in [2.75, 3.05) is 31.2 Å². The zero-order chi connectivity index (χ0) is 30.6. The third kappa shape index (κ3) is 6.98. The molecule has 1 aliphatic rings. The Kier molecular flexibility index (Phi) is 9.33. The molecule has 3 heterocycles. The summed E-state index contributed by atoms with van der Waals surface area (Å²) >= 11 is 1.25. The quantitative estimate of drug-likeness (QED) is 0.172. The van der Waals surface area contributed by atoms with Crippen LogP contribution in [-0.4, -0.2) is 68.4 Å². The highest BCUT2D eigenvalue weighted by atomic mass is 32.2. The molecule has 2 N–H and O–H groups in total. The first-order valence-electron chi connectivity index (χ1n) is 12.5. The molecule has 0 saturated carbocycles. The number of hydrogen-bond donors (Lipinski definition) is 2. The number of anilines is 1. The van der Waals surface area contributed by atoms with Crippen molar-refractivity contribution < 1.29 is 36.3 Å². The number of urea groups is 1. The van der Waals surface area contributed by atoms with E-state index in [1.54, 1.807) is 13.2 Å². The number of likely N-dealkylation sites (tertiary alicyclic amines) is 1. The van der Waals surface area contributed by atoms with Crippen molar-refractivity contribution in [3.8, 4) is 0 Å². The van der Waals surface area contributed by atoms with Crippen LogP contribution in [0.4, 0.5) is 32.4 Å². The predicted octanol–water partition coefficient (Wildman–Crippen LogP) is 4.62. The second-order valence-electron chi connectivity index (χ2n) is 9.21. The van der Waals surface area contributed by atoms with Crippen molar-refractivity contribution in [1.29, 1.82) is 0 Å². The molecule has 3 amide bonds. The topological polar surface area (TPSA) is 130 Å². The van der Waals surface area contributed by atoms with Crippen LogP contribution in [0.5, 0.6) is 0 Å². The van der Waals surface area contributed by atoms with Crippen molar-refractivity contribution in [1.82, 2.24) is 30.2 Å². The number of halogens is 5. The fraction of sp³-hybridized carbons (Fsp3) is 0.346. The molecule has 0 radical (unpaired) electrons. The number of para-hydroxylation sites is 1. The maximum Gasteiger partial charge on any atom is 0.451 e. The molecule has 0 atom stereocenters. The lowest BCUT2D eigenvalue weighted by molar-refractivity contribution is -0.145. The van der Waals surface area contributed by atoms with Gasteiger partial charge in [0.25, 0.3) is 5.91 Å². The van der Waals surface area contributed by atoms with E-state index >= 15 is 0 Å². The molecular formula is C26H24F5N7O3S. The molecule has 0 bridgehead atoms. The normalized spacial score (nSPS) is 14.0. The summed E-state index contributed by atoms with van der Waals surface area (Å²) in [4.78, 5) is 55.0. The van der Waals surface area contributed by atoms with E-state index in [9.17, 15) is 36.3 Å². The number of carbonyl (C=O) groups is 3. The first kappa shape index (κ1) is 30.7. The van der Waals surface area contributed by atoms with Crippen molar-refractivity contribution in [3.05, 3.63) is 70.6 Å². The van der Waals surface area contributed by atoms with Gasteiger partial charge in [-0.05, 0) is 44.2 Å². The highest BCUT2D eigenvalue weighted by molar-refractivity contribution is 7.98. The number of aryl methyl sites for hydroxylation is 1. The highest BCUT2D eigenvalue weighted by Gasteiger charge is 2.35. The molecule has 222 valence electrons. The molecule has 0 aliphatic carbocycles. The Balaban J connectivity index is 1.47. The Labute approximate surface area is 240 Å². The van der Waals surface area contributed by atoms with E-state index in [4.69, 9.17) is 0 Å². The molecule has 1 saturated heterocycles. The van der Waals surface area contributed by atoms with E-state index < -0.39 is 59.3 Å². The van der Waals surface area contributed by atoms with Gasteiger partial charge in [0.05, 0.1) is 23.5 Å². The van der Waals surface area contributed by atoms with Crippen LogP contribution in [0.3, 0.4) is 0 Å². The van der Waals surface area contributed by atoms with Crippen molar-refractivity contribution in [3.63, 3.8) is 0 Å². The Morgan fingerprint density at radius 2 is 1.71 bits per heavy atom. The monoisotopic (exact) mass is 609 g/mol. The molecule has 2 aromatic heterocycles. The number of alkyl halides is 3. The maximum atomic E-state index is 14.0. The SMILES string of the molecule is CSc1nc(C)c(C(=O)NCC(=O)c2ccnc(C(F)(F)F)n2)c(C2CCN(C(=O)Nc3c(F)cccc3F)CC2)n1.